The number of carbonyl (C=O) groups excluding carboxylic acids is 1. The van der Waals surface area contributed by atoms with E-state index in [1.807, 2.05) is 58.1 Å². The monoisotopic (exact) mass is 207 g/mol. The number of allylic oxidation sites excluding steroid dienone is 4. The molecule has 1 aliphatic rings. The topological polar surface area (TPSA) is 29.1 Å². The van der Waals surface area contributed by atoms with Crippen molar-refractivity contribution in [1.29, 1.82) is 0 Å². The van der Waals surface area contributed by atoms with Crippen molar-refractivity contribution in [3.8, 4) is 0 Å². The Morgan fingerprint density at radius 2 is 1.93 bits per heavy atom. The third kappa shape index (κ3) is 5.21. The van der Waals surface area contributed by atoms with Crippen LogP contribution in [0.3, 0.4) is 0 Å². The predicted octanol–water partition coefficient (Wildman–Crippen LogP) is 2.98. The maximum absolute atomic E-state index is 10.9. The van der Waals surface area contributed by atoms with E-state index in [9.17, 15) is 4.79 Å². The lowest BCUT2D eigenvalue weighted by atomic mass is 10.0. The van der Waals surface area contributed by atoms with Crippen LogP contribution in [0.25, 0.3) is 0 Å². The molecule has 1 atom stereocenters. The van der Waals surface area contributed by atoms with Gasteiger partial charge in [0.1, 0.15) is 0 Å². The third-order valence-corrected chi connectivity index (χ3v) is 1.94. The minimum atomic E-state index is -0.347. The molecule has 1 aliphatic carbocycles. The van der Waals surface area contributed by atoms with Crippen LogP contribution in [0.5, 0.6) is 0 Å². The summed E-state index contributed by atoms with van der Waals surface area (Å²) in [5, 5.41) is 2.87. The van der Waals surface area contributed by atoms with Gasteiger partial charge in [0, 0.05) is 6.92 Å². The summed E-state index contributed by atoms with van der Waals surface area (Å²) < 4.78 is 0. The van der Waals surface area contributed by atoms with Crippen LogP contribution in [0.2, 0.25) is 0 Å². The highest BCUT2D eigenvalue weighted by Gasteiger charge is 2.18. The second kappa shape index (κ2) is 6.23. The second-order valence-corrected chi connectivity index (χ2v) is 3.57. The molecular formula is C13H21NO. The Kier molecular flexibility index (Phi) is 5.68. The molecule has 0 aromatic heterocycles. The van der Waals surface area contributed by atoms with Gasteiger partial charge in [0.2, 0.25) is 5.91 Å². The molecular weight excluding hydrogens is 186 g/mol. The van der Waals surface area contributed by atoms with Gasteiger partial charge in [-0.15, -0.1) is 0 Å². The van der Waals surface area contributed by atoms with Crippen molar-refractivity contribution in [2.45, 2.75) is 40.2 Å². The van der Waals surface area contributed by atoms with Crippen LogP contribution in [-0.4, -0.2) is 11.4 Å². The number of amides is 1. The molecule has 0 saturated heterocycles. The molecule has 0 fully saturated rings. The molecule has 0 spiro atoms. The first-order valence-corrected chi connectivity index (χ1v) is 5.36. The molecule has 1 amide bonds. The summed E-state index contributed by atoms with van der Waals surface area (Å²) >= 11 is 0. The molecule has 2 heteroatoms. The lowest BCUT2D eigenvalue weighted by Gasteiger charge is -2.22. The SMILES string of the molecule is CC.CC(=O)NC1(C)C=CC=C(C)C=C1. The van der Waals surface area contributed by atoms with Gasteiger partial charge in [0.15, 0.2) is 0 Å². The number of hydrogen-bond acceptors (Lipinski definition) is 1. The highest BCUT2D eigenvalue weighted by Crippen LogP contribution is 2.13. The number of carbonyl (C=O) groups is 1. The lowest BCUT2D eigenvalue weighted by Crippen LogP contribution is -2.41. The summed E-state index contributed by atoms with van der Waals surface area (Å²) in [6.45, 7) is 9.52. The molecule has 15 heavy (non-hydrogen) atoms. The van der Waals surface area contributed by atoms with Gasteiger partial charge in [-0.2, -0.15) is 0 Å². The molecule has 0 heterocycles. The average molecular weight is 207 g/mol. The highest BCUT2D eigenvalue weighted by atomic mass is 16.1. The normalized spacial score (nSPS) is 23.4. The molecule has 0 saturated carbocycles. The van der Waals surface area contributed by atoms with Crippen molar-refractivity contribution in [3.63, 3.8) is 0 Å². The summed E-state index contributed by atoms with van der Waals surface area (Å²) in [5.41, 5.74) is 0.838. The number of rotatable bonds is 1. The van der Waals surface area contributed by atoms with E-state index in [4.69, 9.17) is 0 Å². The molecule has 0 aromatic carbocycles. The van der Waals surface area contributed by atoms with Crippen molar-refractivity contribution in [3.05, 3.63) is 36.0 Å². The van der Waals surface area contributed by atoms with Gasteiger partial charge < -0.3 is 5.32 Å². The van der Waals surface area contributed by atoms with Crippen molar-refractivity contribution < 1.29 is 4.79 Å². The summed E-state index contributed by atoms with van der Waals surface area (Å²) in [5.74, 6) is -0.0173. The predicted molar refractivity (Wildman–Crippen MR) is 65.6 cm³/mol. The lowest BCUT2D eigenvalue weighted by molar-refractivity contribution is -0.119. The van der Waals surface area contributed by atoms with Gasteiger partial charge in [-0.05, 0) is 13.8 Å². The Labute approximate surface area is 92.8 Å². The Bertz CT molecular complexity index is 300. The Morgan fingerprint density at radius 3 is 2.47 bits per heavy atom. The highest BCUT2D eigenvalue weighted by molar-refractivity contribution is 5.74. The smallest absolute Gasteiger partial charge is 0.217 e. The summed E-state index contributed by atoms with van der Waals surface area (Å²) in [6.07, 6.45) is 9.95. The van der Waals surface area contributed by atoms with Gasteiger partial charge in [-0.3, -0.25) is 4.79 Å². The summed E-state index contributed by atoms with van der Waals surface area (Å²) in [4.78, 5) is 10.9. The zero-order valence-corrected chi connectivity index (χ0v) is 10.3. The van der Waals surface area contributed by atoms with E-state index in [1.165, 1.54) is 12.5 Å². The van der Waals surface area contributed by atoms with E-state index in [-0.39, 0.29) is 11.4 Å². The molecule has 1 rings (SSSR count). The van der Waals surface area contributed by atoms with Crippen molar-refractivity contribution in [1.82, 2.24) is 5.32 Å². The van der Waals surface area contributed by atoms with Gasteiger partial charge >= 0.3 is 0 Å². The van der Waals surface area contributed by atoms with Gasteiger partial charge in [0.05, 0.1) is 5.54 Å². The number of hydrogen-bond donors (Lipinski definition) is 1. The standard InChI is InChI=1S/C11H15NO.C2H6/c1-9-5-4-7-11(3,8-6-9)12-10(2)13;1-2/h4-8H,1-3H3,(H,12,13);1-2H3. The maximum Gasteiger partial charge on any atom is 0.217 e. The van der Waals surface area contributed by atoms with Crippen LogP contribution in [0, 0.1) is 0 Å². The molecule has 1 N–H and O–H groups in total. The van der Waals surface area contributed by atoms with Crippen LogP contribution in [0.4, 0.5) is 0 Å². The van der Waals surface area contributed by atoms with E-state index < -0.39 is 0 Å². The Hall–Kier alpha value is -1.31. The zero-order chi connectivity index (χ0) is 11.9. The zero-order valence-electron chi connectivity index (χ0n) is 10.3. The van der Waals surface area contributed by atoms with Gasteiger partial charge in [-0.25, -0.2) is 0 Å². The fourth-order valence-electron chi connectivity index (χ4n) is 1.28. The van der Waals surface area contributed by atoms with Gasteiger partial charge in [-0.1, -0.05) is 49.8 Å². The number of nitrogens with one attached hydrogen (secondary N) is 1. The minimum Gasteiger partial charge on any atom is -0.344 e. The van der Waals surface area contributed by atoms with Crippen LogP contribution in [0.1, 0.15) is 34.6 Å². The second-order valence-electron chi connectivity index (χ2n) is 3.57. The van der Waals surface area contributed by atoms with E-state index in [0.29, 0.717) is 0 Å². The minimum absolute atomic E-state index is 0.0173. The largest absolute Gasteiger partial charge is 0.344 e. The van der Waals surface area contributed by atoms with E-state index >= 15 is 0 Å². The molecule has 0 aliphatic heterocycles. The van der Waals surface area contributed by atoms with Crippen LogP contribution in [-0.2, 0) is 4.79 Å². The summed E-state index contributed by atoms with van der Waals surface area (Å²) in [6, 6.07) is 0. The van der Waals surface area contributed by atoms with Crippen molar-refractivity contribution in [2.24, 2.45) is 0 Å². The molecule has 1 unspecified atom stereocenters. The molecule has 84 valence electrons. The van der Waals surface area contributed by atoms with Crippen LogP contribution < -0.4 is 5.32 Å². The third-order valence-electron chi connectivity index (χ3n) is 1.94. The maximum atomic E-state index is 10.9. The molecule has 0 aromatic rings. The van der Waals surface area contributed by atoms with E-state index in [0.717, 1.165) is 0 Å². The van der Waals surface area contributed by atoms with Crippen molar-refractivity contribution >= 4 is 5.91 Å². The first-order chi connectivity index (χ1) is 7.02. The van der Waals surface area contributed by atoms with E-state index in [2.05, 4.69) is 5.32 Å². The molecule has 0 radical (unpaired) electrons. The van der Waals surface area contributed by atoms with Crippen LogP contribution in [0.15, 0.2) is 36.0 Å². The fraction of sp³-hybridized carbons (Fsp3) is 0.462. The van der Waals surface area contributed by atoms with Crippen molar-refractivity contribution in [2.75, 3.05) is 0 Å². The first kappa shape index (κ1) is 13.7. The Morgan fingerprint density at radius 1 is 1.33 bits per heavy atom. The first-order valence-electron chi connectivity index (χ1n) is 5.36. The van der Waals surface area contributed by atoms with Crippen LogP contribution >= 0.6 is 0 Å². The molecule has 2 nitrogen and oxygen atoms in total. The fourth-order valence-corrected chi connectivity index (χ4v) is 1.28. The molecule has 0 bridgehead atoms. The average Bonchev–Trinajstić information content (AvgIpc) is 2.31. The quantitative estimate of drug-likeness (QED) is 0.703. The van der Waals surface area contributed by atoms with Gasteiger partial charge in [0.25, 0.3) is 0 Å². The summed E-state index contributed by atoms with van der Waals surface area (Å²) in [7, 11) is 0. The Balaban J connectivity index is 0.000000921. The van der Waals surface area contributed by atoms with E-state index in [1.54, 1.807) is 0 Å².